The lowest BCUT2D eigenvalue weighted by Crippen LogP contribution is -2.65. The molecule has 0 aromatic heterocycles. The van der Waals surface area contributed by atoms with Gasteiger partial charge in [-0.05, 0) is 27.2 Å². The molecule has 1 N–H and O–H groups in total. The highest BCUT2D eigenvalue weighted by Crippen LogP contribution is 2.28. The average Bonchev–Trinajstić information content (AvgIpc) is 2.32. The first kappa shape index (κ1) is 15.5. The minimum Gasteiger partial charge on any atom is -0.444 e. The van der Waals surface area contributed by atoms with E-state index < -0.39 is 27.8 Å². The fourth-order valence-corrected chi connectivity index (χ4v) is 4.40. The molecular formula is C12H22N2O5S. The predicted molar refractivity (Wildman–Crippen MR) is 72.7 cm³/mol. The molecule has 2 bridgehead atoms. The van der Waals surface area contributed by atoms with Crippen molar-refractivity contribution < 1.29 is 23.1 Å². The summed E-state index contributed by atoms with van der Waals surface area (Å²) in [6, 6.07) is -0.750. The highest BCUT2D eigenvalue weighted by atomic mass is 32.2. The molecule has 2 heterocycles. The molecule has 20 heavy (non-hydrogen) atoms. The lowest BCUT2D eigenvalue weighted by atomic mass is 10.1. The summed E-state index contributed by atoms with van der Waals surface area (Å²) >= 11 is 0. The number of ether oxygens (including phenoxy) is 1. The summed E-state index contributed by atoms with van der Waals surface area (Å²) in [4.78, 5) is 13.7. The van der Waals surface area contributed by atoms with Crippen LogP contribution in [0.1, 0.15) is 27.2 Å². The summed E-state index contributed by atoms with van der Waals surface area (Å²) in [7, 11) is -3.31. The van der Waals surface area contributed by atoms with Crippen molar-refractivity contribution in [3.05, 3.63) is 0 Å². The second kappa shape index (κ2) is 5.16. The number of piperazine rings is 1. The van der Waals surface area contributed by atoms with E-state index in [9.17, 15) is 18.3 Å². The molecule has 1 unspecified atom stereocenters. The Morgan fingerprint density at radius 2 is 2.00 bits per heavy atom. The summed E-state index contributed by atoms with van der Waals surface area (Å²) in [5, 5.41) is 9.38. The van der Waals surface area contributed by atoms with Crippen molar-refractivity contribution >= 4 is 16.1 Å². The van der Waals surface area contributed by atoms with Crippen molar-refractivity contribution in [2.75, 3.05) is 25.4 Å². The molecule has 0 saturated carbocycles. The number of hydrogen-bond donors (Lipinski definition) is 1. The maximum atomic E-state index is 12.2. The second-order valence-corrected chi connectivity index (χ2v) is 8.34. The number of sulfonamides is 1. The van der Waals surface area contributed by atoms with Gasteiger partial charge in [0.1, 0.15) is 5.60 Å². The quantitative estimate of drug-likeness (QED) is 0.737. The summed E-state index contributed by atoms with van der Waals surface area (Å²) < 4.78 is 30.6. The third-order valence-corrected chi connectivity index (χ3v) is 5.46. The monoisotopic (exact) mass is 306 g/mol. The van der Waals surface area contributed by atoms with Gasteiger partial charge in [-0.3, -0.25) is 0 Å². The minimum atomic E-state index is -3.31. The van der Waals surface area contributed by atoms with Gasteiger partial charge in [-0.15, -0.1) is 0 Å². The fourth-order valence-electron chi connectivity index (χ4n) is 2.61. The molecule has 116 valence electrons. The van der Waals surface area contributed by atoms with Crippen LogP contribution in [0.15, 0.2) is 0 Å². The van der Waals surface area contributed by atoms with Crippen LogP contribution in [-0.4, -0.2) is 72.0 Å². The Bertz CT molecular complexity index is 485. The molecule has 2 rings (SSSR count). The highest BCUT2D eigenvalue weighted by molar-refractivity contribution is 7.89. The number of rotatable bonds is 1. The lowest BCUT2D eigenvalue weighted by molar-refractivity contribution is -0.0113. The maximum Gasteiger partial charge on any atom is 0.410 e. The Morgan fingerprint density at radius 3 is 2.55 bits per heavy atom. The van der Waals surface area contributed by atoms with Gasteiger partial charge in [-0.25, -0.2) is 13.2 Å². The maximum absolute atomic E-state index is 12.2. The standard InChI is InChI=1S/C12H22N2O5S/c1-12(2,3)19-11(16)13-6-10(8-15)14-7-9(13)4-5-20(14,17)18/h9-10,15H,4-8H2,1-3H3/t9-,10-/m1/s1. The molecule has 2 saturated heterocycles. The van der Waals surface area contributed by atoms with Gasteiger partial charge in [-0.1, -0.05) is 0 Å². The van der Waals surface area contributed by atoms with E-state index in [0.29, 0.717) is 6.42 Å². The molecule has 2 aliphatic heterocycles. The Labute approximate surface area is 119 Å². The third kappa shape index (κ3) is 3.07. The Balaban J connectivity index is 2.16. The number of carbonyl (C=O) groups excluding carboxylic acids is 1. The van der Waals surface area contributed by atoms with Gasteiger partial charge in [0.25, 0.3) is 0 Å². The van der Waals surface area contributed by atoms with Crippen LogP contribution in [0, 0.1) is 0 Å². The van der Waals surface area contributed by atoms with Gasteiger partial charge in [0.2, 0.25) is 10.0 Å². The Hall–Kier alpha value is -0.860. The lowest BCUT2D eigenvalue weighted by Gasteiger charge is -2.47. The highest BCUT2D eigenvalue weighted by Gasteiger charge is 2.46. The molecule has 7 nitrogen and oxygen atoms in total. The van der Waals surface area contributed by atoms with Crippen molar-refractivity contribution in [1.29, 1.82) is 0 Å². The van der Waals surface area contributed by atoms with E-state index in [-0.39, 0.29) is 31.5 Å². The zero-order valence-corrected chi connectivity index (χ0v) is 12.9. The number of aliphatic hydroxyl groups is 1. The fraction of sp³-hybridized carbons (Fsp3) is 0.917. The van der Waals surface area contributed by atoms with Crippen LogP contribution >= 0.6 is 0 Å². The first-order chi connectivity index (χ1) is 9.14. The van der Waals surface area contributed by atoms with E-state index in [1.807, 2.05) is 0 Å². The van der Waals surface area contributed by atoms with Crippen molar-refractivity contribution in [2.24, 2.45) is 0 Å². The van der Waals surface area contributed by atoms with E-state index in [1.54, 1.807) is 25.7 Å². The van der Waals surface area contributed by atoms with E-state index in [4.69, 9.17) is 4.74 Å². The minimum absolute atomic E-state index is 0.00741. The van der Waals surface area contributed by atoms with Crippen LogP contribution in [-0.2, 0) is 14.8 Å². The van der Waals surface area contributed by atoms with Crippen LogP contribution in [0.2, 0.25) is 0 Å². The van der Waals surface area contributed by atoms with E-state index in [2.05, 4.69) is 0 Å². The molecule has 0 aromatic rings. The van der Waals surface area contributed by atoms with Gasteiger partial charge in [-0.2, -0.15) is 4.31 Å². The third-order valence-electron chi connectivity index (χ3n) is 3.55. The van der Waals surface area contributed by atoms with Gasteiger partial charge in [0.15, 0.2) is 0 Å². The number of fused-ring (bicyclic) bond motifs is 2. The molecule has 0 spiro atoms. The molecule has 2 aliphatic rings. The molecular weight excluding hydrogens is 284 g/mol. The molecule has 2 fully saturated rings. The Morgan fingerprint density at radius 1 is 1.35 bits per heavy atom. The molecule has 8 heteroatoms. The summed E-state index contributed by atoms with van der Waals surface area (Å²) in [5.41, 5.74) is -0.594. The topological polar surface area (TPSA) is 87.2 Å². The largest absolute Gasteiger partial charge is 0.444 e. The predicted octanol–water partition coefficient (Wildman–Crippen LogP) is 0.00210. The van der Waals surface area contributed by atoms with Crippen molar-refractivity contribution in [1.82, 2.24) is 9.21 Å². The van der Waals surface area contributed by atoms with Crippen molar-refractivity contribution in [3.63, 3.8) is 0 Å². The molecule has 0 radical (unpaired) electrons. The average molecular weight is 306 g/mol. The second-order valence-electron chi connectivity index (χ2n) is 6.30. The van der Waals surface area contributed by atoms with Crippen molar-refractivity contribution in [2.45, 2.75) is 44.9 Å². The van der Waals surface area contributed by atoms with E-state index in [0.717, 1.165) is 0 Å². The summed E-state index contributed by atoms with van der Waals surface area (Å²) in [5.74, 6) is 0.00741. The number of hydrogen-bond acceptors (Lipinski definition) is 5. The van der Waals surface area contributed by atoms with Crippen LogP contribution < -0.4 is 0 Å². The molecule has 0 aliphatic carbocycles. The summed E-state index contributed by atoms with van der Waals surface area (Å²) in [6.07, 6.45) is -0.0316. The van der Waals surface area contributed by atoms with Crippen LogP contribution in [0.5, 0.6) is 0 Å². The van der Waals surface area contributed by atoms with Crippen LogP contribution in [0.3, 0.4) is 0 Å². The number of amides is 1. The van der Waals surface area contributed by atoms with E-state index in [1.165, 1.54) is 4.31 Å². The zero-order valence-electron chi connectivity index (χ0n) is 12.1. The first-order valence-corrected chi connectivity index (χ1v) is 8.35. The van der Waals surface area contributed by atoms with Gasteiger partial charge < -0.3 is 14.7 Å². The smallest absolute Gasteiger partial charge is 0.410 e. The zero-order chi connectivity index (χ0) is 15.1. The van der Waals surface area contributed by atoms with Gasteiger partial charge >= 0.3 is 6.09 Å². The number of nitrogens with zero attached hydrogens (tertiary/aromatic N) is 2. The number of aliphatic hydroxyl groups excluding tert-OH is 1. The van der Waals surface area contributed by atoms with E-state index >= 15 is 0 Å². The first-order valence-electron chi connectivity index (χ1n) is 6.74. The van der Waals surface area contributed by atoms with Crippen LogP contribution in [0.4, 0.5) is 4.79 Å². The molecule has 0 aromatic carbocycles. The van der Waals surface area contributed by atoms with Crippen LogP contribution in [0.25, 0.3) is 0 Å². The SMILES string of the molecule is CC(C)(C)OC(=O)N1C[C@H](CO)N2C[C@H]1CCS2(=O)=O. The van der Waals surface area contributed by atoms with Gasteiger partial charge in [0, 0.05) is 19.1 Å². The number of carbonyl (C=O) groups is 1. The normalized spacial score (nSPS) is 32.8. The summed E-state index contributed by atoms with van der Waals surface area (Å²) in [6.45, 7) is 5.48. The molecule has 3 atom stereocenters. The van der Waals surface area contributed by atoms with Gasteiger partial charge in [0.05, 0.1) is 18.4 Å². The Kier molecular flexibility index (Phi) is 4.01. The van der Waals surface area contributed by atoms with Crippen molar-refractivity contribution in [3.8, 4) is 0 Å². The molecule has 1 amide bonds.